The average Bonchev–Trinajstić information content (AvgIpc) is 3.15. The molecule has 6 nitrogen and oxygen atoms in total. The second-order valence-corrected chi connectivity index (χ2v) is 6.80. The molecule has 0 saturated carbocycles. The first-order valence-electron chi connectivity index (χ1n) is 9.09. The van der Waals surface area contributed by atoms with Crippen LogP contribution in [0.25, 0.3) is 0 Å². The van der Waals surface area contributed by atoms with E-state index in [0.717, 1.165) is 31.5 Å². The van der Waals surface area contributed by atoms with Crippen molar-refractivity contribution in [1.29, 1.82) is 0 Å². The number of halogens is 2. The van der Waals surface area contributed by atoms with Gasteiger partial charge in [0.15, 0.2) is 0 Å². The Kier molecular flexibility index (Phi) is 8.22. The monoisotopic (exact) mass is 395 g/mol. The molecule has 1 unspecified atom stereocenters. The molecule has 1 atom stereocenters. The minimum Gasteiger partial charge on any atom is -0.349 e. The molecule has 2 aromatic rings. The van der Waals surface area contributed by atoms with Gasteiger partial charge in [-0.2, -0.15) is 5.10 Å². The van der Waals surface area contributed by atoms with Crippen molar-refractivity contribution in [2.24, 2.45) is 0 Å². The first-order valence-corrected chi connectivity index (χ1v) is 9.09. The van der Waals surface area contributed by atoms with E-state index in [0.29, 0.717) is 31.4 Å². The molecule has 1 saturated heterocycles. The Morgan fingerprint density at radius 2 is 2.15 bits per heavy atom. The van der Waals surface area contributed by atoms with Crippen molar-refractivity contribution in [3.05, 3.63) is 53.6 Å². The summed E-state index contributed by atoms with van der Waals surface area (Å²) >= 11 is 0. The molecule has 1 fully saturated rings. The number of carbonyl (C=O) groups excluding carboxylic acids is 1. The summed E-state index contributed by atoms with van der Waals surface area (Å²) in [4.78, 5) is 14.3. The van der Waals surface area contributed by atoms with Gasteiger partial charge < -0.3 is 15.5 Å². The number of rotatable bonds is 7. The molecule has 2 N–H and O–H groups in total. The van der Waals surface area contributed by atoms with Crippen LogP contribution >= 0.6 is 12.4 Å². The van der Waals surface area contributed by atoms with Crippen LogP contribution < -0.4 is 10.6 Å². The quantitative estimate of drug-likeness (QED) is 0.754. The highest BCUT2D eigenvalue weighted by atomic mass is 35.5. The van der Waals surface area contributed by atoms with Gasteiger partial charge in [-0.05, 0) is 50.2 Å². The second-order valence-electron chi connectivity index (χ2n) is 6.80. The van der Waals surface area contributed by atoms with Crippen LogP contribution in [0.5, 0.6) is 0 Å². The number of likely N-dealkylation sites (N-methyl/N-ethyl adjacent to an activating group) is 1. The number of piperidine rings is 1. The summed E-state index contributed by atoms with van der Waals surface area (Å²) in [5.41, 5.74) is 1.50. The topological polar surface area (TPSA) is 62.2 Å². The van der Waals surface area contributed by atoms with Crippen molar-refractivity contribution in [1.82, 2.24) is 25.3 Å². The number of benzene rings is 1. The maximum absolute atomic E-state index is 12.9. The third-order valence-electron chi connectivity index (χ3n) is 4.63. The Balaban J connectivity index is 0.00000261. The summed E-state index contributed by atoms with van der Waals surface area (Å²) in [6, 6.07) is 8.57. The van der Waals surface area contributed by atoms with E-state index in [1.165, 1.54) is 12.1 Å². The number of hydrogen-bond acceptors (Lipinski definition) is 4. The molecule has 0 bridgehead atoms. The van der Waals surface area contributed by atoms with E-state index in [1.807, 2.05) is 17.9 Å². The molecule has 0 radical (unpaired) electrons. The summed E-state index contributed by atoms with van der Waals surface area (Å²) in [5, 5.41) is 10.7. The SMILES string of the molecule is CN(CCNC(=O)c1ccn(C2CCCNC2)n1)Cc1ccc(F)cc1.Cl. The zero-order chi connectivity index (χ0) is 18.4. The molecular weight excluding hydrogens is 369 g/mol. The molecule has 1 aromatic carbocycles. The van der Waals surface area contributed by atoms with E-state index in [4.69, 9.17) is 0 Å². The molecule has 1 aromatic heterocycles. The smallest absolute Gasteiger partial charge is 0.271 e. The lowest BCUT2D eigenvalue weighted by Crippen LogP contribution is -2.34. The summed E-state index contributed by atoms with van der Waals surface area (Å²) in [6.45, 7) is 3.90. The van der Waals surface area contributed by atoms with Crippen molar-refractivity contribution in [2.75, 3.05) is 33.2 Å². The van der Waals surface area contributed by atoms with E-state index in [9.17, 15) is 9.18 Å². The van der Waals surface area contributed by atoms with Gasteiger partial charge in [-0.15, -0.1) is 12.4 Å². The van der Waals surface area contributed by atoms with Crippen LogP contribution in [0.4, 0.5) is 4.39 Å². The lowest BCUT2D eigenvalue weighted by molar-refractivity contribution is 0.0943. The van der Waals surface area contributed by atoms with Gasteiger partial charge in [-0.1, -0.05) is 12.1 Å². The fourth-order valence-electron chi connectivity index (χ4n) is 3.15. The summed E-state index contributed by atoms with van der Waals surface area (Å²) in [6.07, 6.45) is 4.10. The summed E-state index contributed by atoms with van der Waals surface area (Å²) in [7, 11) is 1.97. The molecule has 2 heterocycles. The molecule has 1 aliphatic heterocycles. The fourth-order valence-corrected chi connectivity index (χ4v) is 3.15. The first kappa shape index (κ1) is 21.3. The first-order chi connectivity index (χ1) is 12.6. The van der Waals surface area contributed by atoms with Gasteiger partial charge >= 0.3 is 0 Å². The van der Waals surface area contributed by atoms with Crippen LogP contribution in [0, 0.1) is 5.82 Å². The molecule has 1 amide bonds. The van der Waals surface area contributed by atoms with E-state index >= 15 is 0 Å². The van der Waals surface area contributed by atoms with Crippen molar-refractivity contribution in [2.45, 2.75) is 25.4 Å². The number of hydrogen-bond donors (Lipinski definition) is 2. The van der Waals surface area contributed by atoms with E-state index < -0.39 is 0 Å². The average molecular weight is 396 g/mol. The lowest BCUT2D eigenvalue weighted by atomic mass is 10.1. The molecule has 148 valence electrons. The highest BCUT2D eigenvalue weighted by molar-refractivity contribution is 5.92. The van der Waals surface area contributed by atoms with Crippen molar-refractivity contribution < 1.29 is 9.18 Å². The molecule has 0 aliphatic carbocycles. The van der Waals surface area contributed by atoms with E-state index in [1.54, 1.807) is 18.2 Å². The number of nitrogens with one attached hydrogen (secondary N) is 2. The molecule has 8 heteroatoms. The third kappa shape index (κ3) is 6.30. The Morgan fingerprint density at radius 1 is 1.37 bits per heavy atom. The Hall–Kier alpha value is -1.96. The Labute approximate surface area is 165 Å². The Bertz CT molecular complexity index is 715. The van der Waals surface area contributed by atoms with Gasteiger partial charge in [0.05, 0.1) is 6.04 Å². The van der Waals surface area contributed by atoms with Gasteiger partial charge in [-0.25, -0.2) is 4.39 Å². The van der Waals surface area contributed by atoms with Gasteiger partial charge in [0.1, 0.15) is 11.5 Å². The van der Waals surface area contributed by atoms with Gasteiger partial charge in [0.25, 0.3) is 5.91 Å². The largest absolute Gasteiger partial charge is 0.349 e. The van der Waals surface area contributed by atoms with Crippen LogP contribution in [0.2, 0.25) is 0 Å². The number of nitrogens with zero attached hydrogens (tertiary/aromatic N) is 3. The van der Waals surface area contributed by atoms with Crippen molar-refractivity contribution in [3.63, 3.8) is 0 Å². The molecule has 27 heavy (non-hydrogen) atoms. The van der Waals surface area contributed by atoms with Crippen LogP contribution in [-0.2, 0) is 6.54 Å². The van der Waals surface area contributed by atoms with Crippen LogP contribution in [0.15, 0.2) is 36.5 Å². The minimum absolute atomic E-state index is 0. The highest BCUT2D eigenvalue weighted by Crippen LogP contribution is 2.15. The zero-order valence-electron chi connectivity index (χ0n) is 15.5. The third-order valence-corrected chi connectivity index (χ3v) is 4.63. The van der Waals surface area contributed by atoms with Crippen LogP contribution in [0.1, 0.15) is 34.9 Å². The lowest BCUT2D eigenvalue weighted by Gasteiger charge is -2.22. The fraction of sp³-hybridized carbons (Fsp3) is 0.474. The number of carbonyl (C=O) groups is 1. The molecular formula is C19H27ClFN5O. The number of amides is 1. The van der Waals surface area contributed by atoms with E-state index in [2.05, 4.69) is 20.6 Å². The maximum atomic E-state index is 12.9. The van der Waals surface area contributed by atoms with Crippen LogP contribution in [0.3, 0.4) is 0 Å². The molecule has 3 rings (SSSR count). The van der Waals surface area contributed by atoms with E-state index in [-0.39, 0.29) is 24.1 Å². The summed E-state index contributed by atoms with van der Waals surface area (Å²) in [5.74, 6) is -0.380. The normalized spacial score (nSPS) is 16.8. The highest BCUT2D eigenvalue weighted by Gasteiger charge is 2.17. The van der Waals surface area contributed by atoms with Crippen molar-refractivity contribution in [3.8, 4) is 0 Å². The standard InChI is InChI=1S/C19H26FN5O.ClH/c1-24(14-15-4-6-16(20)7-5-15)12-10-22-19(26)18-8-11-25(23-18)17-3-2-9-21-13-17;/h4-8,11,17,21H,2-3,9-10,12-14H2,1H3,(H,22,26);1H. The van der Waals surface area contributed by atoms with Crippen LogP contribution in [-0.4, -0.2) is 53.8 Å². The predicted octanol–water partition coefficient (Wildman–Crippen LogP) is 2.23. The zero-order valence-corrected chi connectivity index (χ0v) is 16.3. The number of aromatic nitrogens is 2. The van der Waals surface area contributed by atoms with Crippen molar-refractivity contribution >= 4 is 18.3 Å². The van der Waals surface area contributed by atoms with Gasteiger partial charge in [0, 0.05) is 32.4 Å². The maximum Gasteiger partial charge on any atom is 0.271 e. The summed E-state index contributed by atoms with van der Waals surface area (Å²) < 4.78 is 14.8. The minimum atomic E-state index is -0.230. The van der Waals surface area contributed by atoms with Gasteiger partial charge in [-0.3, -0.25) is 9.48 Å². The second kappa shape index (κ2) is 10.4. The van der Waals surface area contributed by atoms with Gasteiger partial charge in [0.2, 0.25) is 0 Å². The predicted molar refractivity (Wildman–Crippen MR) is 106 cm³/mol. The molecule has 1 aliphatic rings. The Morgan fingerprint density at radius 3 is 2.85 bits per heavy atom. The molecule has 0 spiro atoms.